The van der Waals surface area contributed by atoms with E-state index in [1.807, 2.05) is 10.9 Å². The maximum atomic E-state index is 11.4. The lowest BCUT2D eigenvalue weighted by Gasteiger charge is -2.15. The van der Waals surface area contributed by atoms with Crippen LogP contribution >= 0.6 is 0 Å². The SMILES string of the molecule is CCCn1cc(C(NCC(C)C)C(N)=O)cn1. The van der Waals surface area contributed by atoms with E-state index in [9.17, 15) is 4.79 Å². The van der Waals surface area contributed by atoms with Gasteiger partial charge in [-0.1, -0.05) is 20.8 Å². The summed E-state index contributed by atoms with van der Waals surface area (Å²) in [5.41, 5.74) is 6.24. The fourth-order valence-corrected chi connectivity index (χ4v) is 1.62. The van der Waals surface area contributed by atoms with Crippen molar-refractivity contribution in [2.24, 2.45) is 11.7 Å². The molecule has 1 rings (SSSR count). The normalized spacial score (nSPS) is 12.9. The molecule has 0 aliphatic carbocycles. The number of primary amides is 1. The molecule has 1 amide bonds. The van der Waals surface area contributed by atoms with Crippen molar-refractivity contribution in [2.45, 2.75) is 39.8 Å². The minimum Gasteiger partial charge on any atom is -0.368 e. The number of rotatable bonds is 7. The van der Waals surface area contributed by atoms with Gasteiger partial charge in [-0.05, 0) is 18.9 Å². The van der Waals surface area contributed by atoms with E-state index >= 15 is 0 Å². The van der Waals surface area contributed by atoms with Crippen LogP contribution in [0.1, 0.15) is 38.8 Å². The Morgan fingerprint density at radius 2 is 2.29 bits per heavy atom. The van der Waals surface area contributed by atoms with E-state index < -0.39 is 6.04 Å². The van der Waals surface area contributed by atoms with Crippen molar-refractivity contribution in [2.75, 3.05) is 6.54 Å². The summed E-state index contributed by atoms with van der Waals surface area (Å²) in [6.07, 6.45) is 4.60. The molecule has 17 heavy (non-hydrogen) atoms. The maximum absolute atomic E-state index is 11.4. The fraction of sp³-hybridized carbons (Fsp3) is 0.667. The second-order valence-electron chi connectivity index (χ2n) is 4.67. The molecule has 1 unspecified atom stereocenters. The Kier molecular flexibility index (Phi) is 5.15. The van der Waals surface area contributed by atoms with Crippen molar-refractivity contribution in [1.82, 2.24) is 15.1 Å². The molecule has 1 heterocycles. The molecule has 1 aromatic rings. The van der Waals surface area contributed by atoms with Gasteiger partial charge in [0.2, 0.25) is 5.91 Å². The molecule has 0 aliphatic heterocycles. The summed E-state index contributed by atoms with van der Waals surface area (Å²) in [6.45, 7) is 7.88. The zero-order chi connectivity index (χ0) is 12.8. The quantitative estimate of drug-likeness (QED) is 0.746. The third kappa shape index (κ3) is 4.19. The first-order valence-corrected chi connectivity index (χ1v) is 6.09. The molecule has 5 nitrogen and oxygen atoms in total. The zero-order valence-corrected chi connectivity index (χ0v) is 10.8. The summed E-state index contributed by atoms with van der Waals surface area (Å²) in [4.78, 5) is 11.4. The molecule has 0 saturated carbocycles. The lowest BCUT2D eigenvalue weighted by atomic mass is 10.1. The number of amides is 1. The van der Waals surface area contributed by atoms with Gasteiger partial charge in [0.25, 0.3) is 0 Å². The van der Waals surface area contributed by atoms with Gasteiger partial charge in [0.05, 0.1) is 6.20 Å². The lowest BCUT2D eigenvalue weighted by Crippen LogP contribution is -2.35. The van der Waals surface area contributed by atoms with Crippen LogP contribution in [-0.2, 0) is 11.3 Å². The fourth-order valence-electron chi connectivity index (χ4n) is 1.62. The van der Waals surface area contributed by atoms with Crippen molar-refractivity contribution >= 4 is 5.91 Å². The minimum absolute atomic E-state index is 0.360. The number of hydrogen-bond donors (Lipinski definition) is 2. The molecule has 96 valence electrons. The Morgan fingerprint density at radius 3 is 2.82 bits per heavy atom. The number of hydrogen-bond acceptors (Lipinski definition) is 3. The van der Waals surface area contributed by atoms with E-state index in [0.29, 0.717) is 5.92 Å². The molecular formula is C12H22N4O. The molecule has 3 N–H and O–H groups in total. The summed E-state index contributed by atoms with van der Waals surface area (Å²) < 4.78 is 1.84. The second-order valence-corrected chi connectivity index (χ2v) is 4.67. The van der Waals surface area contributed by atoms with Gasteiger partial charge in [0, 0.05) is 18.3 Å². The van der Waals surface area contributed by atoms with Crippen LogP contribution in [0.5, 0.6) is 0 Å². The molecule has 0 aliphatic rings. The largest absolute Gasteiger partial charge is 0.368 e. The molecule has 0 spiro atoms. The third-order valence-electron chi connectivity index (χ3n) is 2.45. The summed E-state index contributed by atoms with van der Waals surface area (Å²) in [7, 11) is 0. The van der Waals surface area contributed by atoms with Crippen LogP contribution in [0, 0.1) is 5.92 Å². The Hall–Kier alpha value is -1.36. The van der Waals surface area contributed by atoms with E-state index in [0.717, 1.165) is 25.1 Å². The average Bonchev–Trinajstić information content (AvgIpc) is 2.66. The van der Waals surface area contributed by atoms with Gasteiger partial charge < -0.3 is 11.1 Å². The summed E-state index contributed by atoms with van der Waals surface area (Å²) in [5.74, 6) is 0.115. The molecule has 1 aromatic heterocycles. The van der Waals surface area contributed by atoms with Crippen LogP contribution < -0.4 is 11.1 Å². The van der Waals surface area contributed by atoms with E-state index in [-0.39, 0.29) is 5.91 Å². The summed E-state index contributed by atoms with van der Waals surface area (Å²) >= 11 is 0. The standard InChI is InChI=1S/C12H22N4O/c1-4-5-16-8-10(7-15-16)11(12(13)17)14-6-9(2)3/h7-9,11,14H,4-6H2,1-3H3,(H2,13,17). The molecule has 0 saturated heterocycles. The second kappa shape index (κ2) is 6.39. The number of aryl methyl sites for hydroxylation is 1. The zero-order valence-electron chi connectivity index (χ0n) is 10.8. The first-order valence-electron chi connectivity index (χ1n) is 6.09. The monoisotopic (exact) mass is 238 g/mol. The van der Waals surface area contributed by atoms with Crippen molar-refractivity contribution in [1.29, 1.82) is 0 Å². The van der Waals surface area contributed by atoms with Gasteiger partial charge >= 0.3 is 0 Å². The van der Waals surface area contributed by atoms with Crippen LogP contribution in [0.25, 0.3) is 0 Å². The highest BCUT2D eigenvalue weighted by Crippen LogP contribution is 2.12. The van der Waals surface area contributed by atoms with Crippen LogP contribution in [0.2, 0.25) is 0 Å². The molecule has 5 heteroatoms. The van der Waals surface area contributed by atoms with Crippen molar-refractivity contribution < 1.29 is 4.79 Å². The van der Waals surface area contributed by atoms with Crippen LogP contribution in [0.3, 0.4) is 0 Å². The Morgan fingerprint density at radius 1 is 1.59 bits per heavy atom. The van der Waals surface area contributed by atoms with Crippen molar-refractivity contribution in [3.05, 3.63) is 18.0 Å². The number of carbonyl (C=O) groups excluding carboxylic acids is 1. The van der Waals surface area contributed by atoms with Gasteiger partial charge in [0.15, 0.2) is 0 Å². The number of carbonyl (C=O) groups is 1. The van der Waals surface area contributed by atoms with E-state index in [4.69, 9.17) is 5.73 Å². The highest BCUT2D eigenvalue weighted by Gasteiger charge is 2.19. The number of nitrogens with zero attached hydrogens (tertiary/aromatic N) is 2. The summed E-state index contributed by atoms with van der Waals surface area (Å²) in [6, 6.07) is -0.442. The molecule has 0 aromatic carbocycles. The van der Waals surface area contributed by atoms with Gasteiger partial charge in [-0.25, -0.2) is 0 Å². The maximum Gasteiger partial charge on any atom is 0.239 e. The van der Waals surface area contributed by atoms with E-state index in [1.54, 1.807) is 6.20 Å². The van der Waals surface area contributed by atoms with Crippen molar-refractivity contribution in [3.63, 3.8) is 0 Å². The van der Waals surface area contributed by atoms with Gasteiger partial charge in [-0.3, -0.25) is 9.48 Å². The van der Waals surface area contributed by atoms with Crippen LogP contribution in [0.15, 0.2) is 12.4 Å². The predicted molar refractivity (Wildman–Crippen MR) is 67.3 cm³/mol. The highest BCUT2D eigenvalue weighted by molar-refractivity contribution is 5.81. The summed E-state index contributed by atoms with van der Waals surface area (Å²) in [5, 5.41) is 7.37. The third-order valence-corrected chi connectivity index (χ3v) is 2.45. The number of nitrogens with two attached hydrogens (primary N) is 1. The molecule has 0 radical (unpaired) electrons. The predicted octanol–water partition coefficient (Wildman–Crippen LogP) is 1.07. The molecule has 1 atom stereocenters. The van der Waals surface area contributed by atoms with Gasteiger partial charge in [0.1, 0.15) is 6.04 Å². The van der Waals surface area contributed by atoms with Crippen LogP contribution in [0.4, 0.5) is 0 Å². The highest BCUT2D eigenvalue weighted by atomic mass is 16.1. The van der Waals surface area contributed by atoms with E-state index in [2.05, 4.69) is 31.2 Å². The average molecular weight is 238 g/mol. The Bertz CT molecular complexity index is 359. The Labute approximate surface area is 102 Å². The topological polar surface area (TPSA) is 72.9 Å². The molecular weight excluding hydrogens is 216 g/mol. The number of aromatic nitrogens is 2. The molecule has 0 bridgehead atoms. The number of nitrogens with one attached hydrogen (secondary N) is 1. The Balaban J connectivity index is 2.71. The smallest absolute Gasteiger partial charge is 0.239 e. The van der Waals surface area contributed by atoms with Crippen molar-refractivity contribution in [3.8, 4) is 0 Å². The lowest BCUT2D eigenvalue weighted by molar-refractivity contribution is -0.120. The van der Waals surface area contributed by atoms with Crippen LogP contribution in [-0.4, -0.2) is 22.2 Å². The van der Waals surface area contributed by atoms with E-state index in [1.165, 1.54) is 0 Å². The van der Waals surface area contributed by atoms with Gasteiger partial charge in [-0.2, -0.15) is 5.10 Å². The minimum atomic E-state index is -0.442. The van der Waals surface area contributed by atoms with Gasteiger partial charge in [-0.15, -0.1) is 0 Å². The first kappa shape index (κ1) is 13.7. The molecule has 0 fully saturated rings. The first-order chi connectivity index (χ1) is 8.04.